The van der Waals surface area contributed by atoms with Crippen LogP contribution in [0, 0.1) is 11.8 Å². The Labute approximate surface area is 130 Å². The molecular formula is C17H23NO4. The van der Waals surface area contributed by atoms with Gasteiger partial charge >= 0.3 is 0 Å². The van der Waals surface area contributed by atoms with Gasteiger partial charge in [-0.05, 0) is 56.0 Å². The second kappa shape index (κ2) is 6.26. The number of nitrogens with one attached hydrogen (secondary N) is 1. The van der Waals surface area contributed by atoms with Crippen LogP contribution in [0.15, 0.2) is 12.1 Å². The number of Topliss-reactive ketones (excluding diaryl/α,β-unsaturated/α-hetero) is 1. The van der Waals surface area contributed by atoms with Crippen LogP contribution in [0.5, 0.6) is 11.5 Å². The number of ketones is 1. The Bertz CT molecular complexity index is 566. The average Bonchev–Trinajstić information content (AvgIpc) is 2.89. The molecule has 1 aromatic carbocycles. The molecule has 1 saturated heterocycles. The van der Waals surface area contributed by atoms with E-state index in [1.54, 1.807) is 20.3 Å². The monoisotopic (exact) mass is 305 g/mol. The van der Waals surface area contributed by atoms with E-state index in [9.17, 15) is 9.90 Å². The number of aliphatic hydroxyl groups is 1. The van der Waals surface area contributed by atoms with Crippen LogP contribution < -0.4 is 14.8 Å². The van der Waals surface area contributed by atoms with Crippen molar-refractivity contribution in [3.63, 3.8) is 0 Å². The van der Waals surface area contributed by atoms with Gasteiger partial charge in [-0.3, -0.25) is 4.79 Å². The highest BCUT2D eigenvalue weighted by Crippen LogP contribution is 2.39. The lowest BCUT2D eigenvalue weighted by molar-refractivity contribution is 0.0362. The largest absolute Gasteiger partial charge is 0.493 e. The summed E-state index contributed by atoms with van der Waals surface area (Å²) in [5.74, 6) is 1.09. The van der Waals surface area contributed by atoms with E-state index < -0.39 is 6.10 Å². The molecule has 120 valence electrons. The summed E-state index contributed by atoms with van der Waals surface area (Å²) < 4.78 is 10.6. The Morgan fingerprint density at radius 1 is 1.18 bits per heavy atom. The summed E-state index contributed by atoms with van der Waals surface area (Å²) in [4.78, 5) is 12.7. The number of ether oxygens (including phenoxy) is 2. The molecule has 0 radical (unpaired) electrons. The molecule has 1 aliphatic heterocycles. The van der Waals surface area contributed by atoms with Crippen LogP contribution in [0.4, 0.5) is 0 Å². The van der Waals surface area contributed by atoms with Crippen LogP contribution in [0.3, 0.4) is 0 Å². The molecule has 2 unspecified atom stereocenters. The number of piperidine rings is 1. The molecule has 0 aromatic heterocycles. The number of rotatable bonds is 4. The van der Waals surface area contributed by atoms with E-state index in [0.29, 0.717) is 23.5 Å². The predicted molar refractivity (Wildman–Crippen MR) is 82.7 cm³/mol. The third kappa shape index (κ3) is 2.59. The molecule has 2 N–H and O–H groups in total. The minimum absolute atomic E-state index is 0.0296. The fourth-order valence-electron chi connectivity index (χ4n) is 3.64. The summed E-state index contributed by atoms with van der Waals surface area (Å²) in [6.45, 7) is 1.83. The van der Waals surface area contributed by atoms with E-state index in [-0.39, 0.29) is 17.6 Å². The van der Waals surface area contributed by atoms with Gasteiger partial charge in [0.05, 0.1) is 26.2 Å². The summed E-state index contributed by atoms with van der Waals surface area (Å²) in [5, 5.41) is 13.9. The van der Waals surface area contributed by atoms with Crippen molar-refractivity contribution >= 4 is 5.78 Å². The van der Waals surface area contributed by atoms with Gasteiger partial charge in [0.25, 0.3) is 0 Å². The topological polar surface area (TPSA) is 67.8 Å². The van der Waals surface area contributed by atoms with E-state index in [0.717, 1.165) is 31.5 Å². The molecule has 1 aliphatic carbocycles. The Kier molecular flexibility index (Phi) is 4.36. The number of fused-ring (bicyclic) bond motifs is 1. The minimum Gasteiger partial charge on any atom is -0.493 e. The van der Waals surface area contributed by atoms with Crippen molar-refractivity contribution in [3.8, 4) is 11.5 Å². The van der Waals surface area contributed by atoms with Gasteiger partial charge in [0.15, 0.2) is 17.3 Å². The molecule has 1 heterocycles. The molecule has 1 fully saturated rings. The molecule has 0 amide bonds. The first-order chi connectivity index (χ1) is 10.7. The number of methoxy groups -OCH3 is 2. The van der Waals surface area contributed by atoms with Crippen molar-refractivity contribution in [3.05, 3.63) is 23.3 Å². The average molecular weight is 305 g/mol. The fraction of sp³-hybridized carbons (Fsp3) is 0.588. The lowest BCUT2D eigenvalue weighted by Crippen LogP contribution is -2.39. The highest BCUT2D eigenvalue weighted by Gasteiger charge is 2.39. The Morgan fingerprint density at radius 2 is 1.82 bits per heavy atom. The van der Waals surface area contributed by atoms with Crippen molar-refractivity contribution in [2.45, 2.75) is 25.4 Å². The molecule has 0 spiro atoms. The molecule has 5 heteroatoms. The van der Waals surface area contributed by atoms with Crippen LogP contribution in [-0.4, -0.2) is 44.3 Å². The Balaban J connectivity index is 1.84. The van der Waals surface area contributed by atoms with Crippen LogP contribution in [-0.2, 0) is 6.42 Å². The predicted octanol–water partition coefficient (Wildman–Crippen LogP) is 1.42. The van der Waals surface area contributed by atoms with Gasteiger partial charge in [-0.2, -0.15) is 0 Å². The van der Waals surface area contributed by atoms with Crippen LogP contribution in [0.25, 0.3) is 0 Å². The molecule has 5 nitrogen and oxygen atoms in total. The van der Waals surface area contributed by atoms with Crippen LogP contribution in [0.1, 0.15) is 28.8 Å². The van der Waals surface area contributed by atoms with Crippen molar-refractivity contribution in [1.29, 1.82) is 0 Å². The first-order valence-electron chi connectivity index (χ1n) is 7.83. The van der Waals surface area contributed by atoms with Gasteiger partial charge in [-0.1, -0.05) is 0 Å². The maximum absolute atomic E-state index is 12.7. The normalized spacial score (nSPS) is 23.2. The van der Waals surface area contributed by atoms with Crippen molar-refractivity contribution in [1.82, 2.24) is 5.32 Å². The second-order valence-electron chi connectivity index (χ2n) is 6.12. The summed E-state index contributed by atoms with van der Waals surface area (Å²) in [6.07, 6.45) is 1.86. The highest BCUT2D eigenvalue weighted by molar-refractivity contribution is 6.03. The lowest BCUT2D eigenvalue weighted by Gasteiger charge is -2.30. The maximum atomic E-state index is 12.7. The number of benzene rings is 1. The van der Waals surface area contributed by atoms with E-state index in [4.69, 9.17) is 9.47 Å². The zero-order valence-electron chi connectivity index (χ0n) is 13.1. The summed E-state index contributed by atoms with van der Waals surface area (Å²) >= 11 is 0. The van der Waals surface area contributed by atoms with Gasteiger partial charge in [-0.15, -0.1) is 0 Å². The molecule has 0 saturated carbocycles. The number of carbonyl (C=O) groups excluding carboxylic acids is 1. The van der Waals surface area contributed by atoms with Crippen molar-refractivity contribution in [2.24, 2.45) is 11.8 Å². The first-order valence-corrected chi connectivity index (χ1v) is 7.83. The van der Waals surface area contributed by atoms with Crippen LogP contribution in [0.2, 0.25) is 0 Å². The zero-order valence-corrected chi connectivity index (χ0v) is 13.1. The zero-order chi connectivity index (χ0) is 15.7. The third-order valence-corrected chi connectivity index (χ3v) is 4.93. The number of hydrogen-bond acceptors (Lipinski definition) is 5. The molecule has 2 aliphatic rings. The summed E-state index contributed by atoms with van der Waals surface area (Å²) in [7, 11) is 3.15. The number of carbonyl (C=O) groups is 1. The van der Waals surface area contributed by atoms with E-state index in [1.807, 2.05) is 6.07 Å². The van der Waals surface area contributed by atoms with Gasteiger partial charge in [0.2, 0.25) is 0 Å². The first kappa shape index (κ1) is 15.3. The molecular weight excluding hydrogens is 282 g/mol. The van der Waals surface area contributed by atoms with E-state index in [1.165, 1.54) is 0 Å². The van der Waals surface area contributed by atoms with E-state index in [2.05, 4.69) is 5.32 Å². The SMILES string of the molecule is COc1cc2c(cc1OC)C(=O)C(C(O)C1CCNCC1)C2. The molecule has 2 atom stereocenters. The fourth-order valence-corrected chi connectivity index (χ4v) is 3.64. The van der Waals surface area contributed by atoms with Crippen molar-refractivity contribution in [2.75, 3.05) is 27.3 Å². The summed E-state index contributed by atoms with van der Waals surface area (Å²) in [5.41, 5.74) is 1.61. The quantitative estimate of drug-likeness (QED) is 0.880. The second-order valence-corrected chi connectivity index (χ2v) is 6.12. The van der Waals surface area contributed by atoms with Gasteiger partial charge < -0.3 is 19.9 Å². The van der Waals surface area contributed by atoms with Crippen molar-refractivity contribution < 1.29 is 19.4 Å². The smallest absolute Gasteiger partial charge is 0.169 e. The highest BCUT2D eigenvalue weighted by atomic mass is 16.5. The maximum Gasteiger partial charge on any atom is 0.169 e. The van der Waals surface area contributed by atoms with Crippen LogP contribution >= 0.6 is 0 Å². The molecule has 22 heavy (non-hydrogen) atoms. The summed E-state index contributed by atoms with van der Waals surface area (Å²) in [6, 6.07) is 3.60. The molecule has 1 aromatic rings. The molecule has 0 bridgehead atoms. The van der Waals surface area contributed by atoms with Gasteiger partial charge in [-0.25, -0.2) is 0 Å². The Morgan fingerprint density at radius 3 is 2.45 bits per heavy atom. The Hall–Kier alpha value is -1.59. The number of aliphatic hydroxyl groups excluding tert-OH is 1. The third-order valence-electron chi connectivity index (χ3n) is 4.93. The van der Waals surface area contributed by atoms with Gasteiger partial charge in [0, 0.05) is 5.56 Å². The van der Waals surface area contributed by atoms with E-state index >= 15 is 0 Å². The minimum atomic E-state index is -0.570. The lowest BCUT2D eigenvalue weighted by atomic mass is 9.83. The standard InChI is InChI=1S/C17H23NO4/c1-21-14-8-11-7-13(16(19)10-3-5-18-6-4-10)17(20)12(11)9-15(14)22-2/h8-10,13,16,18-19H,3-7H2,1-2H3. The van der Waals surface area contributed by atoms with Gasteiger partial charge in [0.1, 0.15) is 0 Å². The molecule has 3 rings (SSSR count). The number of hydrogen-bond donors (Lipinski definition) is 2.